The van der Waals surface area contributed by atoms with Gasteiger partial charge >= 0.3 is 0 Å². The van der Waals surface area contributed by atoms with Crippen molar-refractivity contribution >= 4 is 0 Å². The third-order valence-electron chi connectivity index (χ3n) is 4.95. The van der Waals surface area contributed by atoms with Gasteiger partial charge in [-0.05, 0) is 51.8 Å². The van der Waals surface area contributed by atoms with Gasteiger partial charge in [-0.2, -0.15) is 0 Å². The van der Waals surface area contributed by atoms with Gasteiger partial charge in [-0.25, -0.2) is 0 Å². The van der Waals surface area contributed by atoms with Crippen molar-refractivity contribution in [3.8, 4) is 11.1 Å². The summed E-state index contributed by atoms with van der Waals surface area (Å²) in [6.07, 6.45) is 1.26. The van der Waals surface area contributed by atoms with Crippen molar-refractivity contribution in [3.63, 3.8) is 0 Å². The van der Waals surface area contributed by atoms with E-state index >= 15 is 0 Å². The lowest BCUT2D eigenvalue weighted by molar-refractivity contribution is 0.408. The van der Waals surface area contributed by atoms with Crippen LogP contribution in [0.5, 0.6) is 0 Å². The number of hydrogen-bond donors (Lipinski definition) is 0. The summed E-state index contributed by atoms with van der Waals surface area (Å²) < 4.78 is 0. The Hall–Kier alpha value is -1.56. The van der Waals surface area contributed by atoms with Gasteiger partial charge in [0.15, 0.2) is 0 Å². The summed E-state index contributed by atoms with van der Waals surface area (Å²) in [7, 11) is 0. The number of rotatable bonds is 5. The van der Waals surface area contributed by atoms with Gasteiger partial charge in [-0.1, -0.05) is 97.0 Å². The first-order chi connectivity index (χ1) is 11.2. The van der Waals surface area contributed by atoms with Crippen molar-refractivity contribution in [1.82, 2.24) is 0 Å². The predicted octanol–water partition coefficient (Wildman–Crippen LogP) is 7.44. The summed E-state index contributed by atoms with van der Waals surface area (Å²) in [5.41, 5.74) is 5.70. The fourth-order valence-corrected chi connectivity index (χ4v) is 3.39. The van der Waals surface area contributed by atoms with E-state index in [1.54, 1.807) is 0 Å². The second kappa shape index (κ2) is 7.55. The third-order valence-corrected chi connectivity index (χ3v) is 4.95. The molecule has 0 aliphatic carbocycles. The standard InChI is InChI=1S/C24H34/c1-17(2)16-23(18(3)4)21-10-8-19(9-11-21)20-12-14-22(15-13-20)24(5,6)7/h8-15,17-18,23H,16H2,1-7H3/t23-/m1/s1. The van der Waals surface area contributed by atoms with Gasteiger partial charge in [0.1, 0.15) is 0 Å². The minimum absolute atomic E-state index is 0.212. The van der Waals surface area contributed by atoms with E-state index in [9.17, 15) is 0 Å². The van der Waals surface area contributed by atoms with Crippen LogP contribution in [-0.4, -0.2) is 0 Å². The van der Waals surface area contributed by atoms with Gasteiger partial charge in [0.05, 0.1) is 0 Å². The van der Waals surface area contributed by atoms with Gasteiger partial charge < -0.3 is 0 Å². The van der Waals surface area contributed by atoms with Crippen LogP contribution >= 0.6 is 0 Å². The number of benzene rings is 2. The minimum atomic E-state index is 0.212. The first-order valence-electron chi connectivity index (χ1n) is 9.39. The average Bonchev–Trinajstić information content (AvgIpc) is 2.52. The molecule has 2 aromatic rings. The molecule has 0 aromatic heterocycles. The van der Waals surface area contributed by atoms with Crippen LogP contribution in [0.15, 0.2) is 48.5 Å². The van der Waals surface area contributed by atoms with Crippen molar-refractivity contribution in [1.29, 1.82) is 0 Å². The van der Waals surface area contributed by atoms with Crippen molar-refractivity contribution in [2.45, 2.75) is 66.2 Å². The largest absolute Gasteiger partial charge is 0.0628 e. The molecule has 0 heteroatoms. The summed E-state index contributed by atoms with van der Waals surface area (Å²) in [6, 6.07) is 18.3. The SMILES string of the molecule is CC(C)C[C@@H](c1ccc(-c2ccc(C(C)(C)C)cc2)cc1)C(C)C. The van der Waals surface area contributed by atoms with E-state index < -0.39 is 0 Å². The molecule has 2 aromatic carbocycles. The zero-order valence-corrected chi connectivity index (χ0v) is 16.6. The molecule has 0 bridgehead atoms. The lowest BCUT2D eigenvalue weighted by Crippen LogP contribution is -2.10. The van der Waals surface area contributed by atoms with Crippen LogP contribution in [0.4, 0.5) is 0 Å². The van der Waals surface area contributed by atoms with Crippen LogP contribution in [-0.2, 0) is 5.41 Å². The molecule has 0 amide bonds. The Morgan fingerprint density at radius 2 is 1.17 bits per heavy atom. The van der Waals surface area contributed by atoms with E-state index in [2.05, 4.69) is 97.0 Å². The molecule has 0 saturated carbocycles. The Morgan fingerprint density at radius 3 is 1.54 bits per heavy atom. The average molecular weight is 323 g/mol. The van der Waals surface area contributed by atoms with Crippen LogP contribution < -0.4 is 0 Å². The maximum atomic E-state index is 2.34. The van der Waals surface area contributed by atoms with Gasteiger partial charge in [-0.15, -0.1) is 0 Å². The summed E-state index contributed by atoms with van der Waals surface area (Å²) in [6.45, 7) is 16.1. The monoisotopic (exact) mass is 322 g/mol. The molecule has 0 unspecified atom stereocenters. The Bertz CT molecular complexity index is 621. The van der Waals surface area contributed by atoms with Crippen LogP contribution in [0.3, 0.4) is 0 Å². The maximum absolute atomic E-state index is 2.34. The summed E-state index contributed by atoms with van der Waals surface area (Å²) in [4.78, 5) is 0. The highest BCUT2D eigenvalue weighted by Gasteiger charge is 2.17. The van der Waals surface area contributed by atoms with Gasteiger partial charge in [0, 0.05) is 0 Å². The molecule has 0 fully saturated rings. The van der Waals surface area contributed by atoms with Crippen molar-refractivity contribution in [3.05, 3.63) is 59.7 Å². The molecule has 0 saturated heterocycles. The maximum Gasteiger partial charge on any atom is -0.0132 e. The zero-order chi connectivity index (χ0) is 17.9. The van der Waals surface area contributed by atoms with E-state index in [1.165, 1.54) is 28.7 Å². The van der Waals surface area contributed by atoms with Crippen molar-refractivity contribution in [2.24, 2.45) is 11.8 Å². The smallest absolute Gasteiger partial charge is 0.0132 e. The Labute approximate surface area is 149 Å². The minimum Gasteiger partial charge on any atom is -0.0628 e. The van der Waals surface area contributed by atoms with Gasteiger partial charge in [0.25, 0.3) is 0 Å². The molecule has 0 aliphatic heterocycles. The first-order valence-corrected chi connectivity index (χ1v) is 9.39. The van der Waals surface area contributed by atoms with Gasteiger partial charge in [-0.3, -0.25) is 0 Å². The van der Waals surface area contributed by atoms with Crippen LogP contribution in [0, 0.1) is 11.8 Å². The number of hydrogen-bond acceptors (Lipinski definition) is 0. The molecular weight excluding hydrogens is 288 g/mol. The fourth-order valence-electron chi connectivity index (χ4n) is 3.39. The third kappa shape index (κ3) is 4.72. The van der Waals surface area contributed by atoms with Crippen LogP contribution in [0.2, 0.25) is 0 Å². The predicted molar refractivity (Wildman–Crippen MR) is 108 cm³/mol. The Kier molecular flexibility index (Phi) is 5.91. The summed E-state index contributed by atoms with van der Waals surface area (Å²) in [5.74, 6) is 2.08. The Morgan fingerprint density at radius 1 is 0.708 bits per heavy atom. The highest BCUT2D eigenvalue weighted by molar-refractivity contribution is 5.64. The highest BCUT2D eigenvalue weighted by Crippen LogP contribution is 2.33. The quantitative estimate of drug-likeness (QED) is 0.536. The fraction of sp³-hybridized carbons (Fsp3) is 0.500. The second-order valence-corrected chi connectivity index (χ2v) is 8.93. The molecule has 2 rings (SSSR count). The summed E-state index contributed by atoms with van der Waals surface area (Å²) >= 11 is 0. The van der Waals surface area contributed by atoms with Gasteiger partial charge in [0.2, 0.25) is 0 Å². The van der Waals surface area contributed by atoms with E-state index in [0.29, 0.717) is 11.8 Å². The van der Waals surface area contributed by atoms with Crippen molar-refractivity contribution < 1.29 is 0 Å². The van der Waals surface area contributed by atoms with Crippen LogP contribution in [0.25, 0.3) is 11.1 Å². The molecule has 0 spiro atoms. The molecule has 0 radical (unpaired) electrons. The molecule has 130 valence electrons. The molecule has 0 aliphatic rings. The summed E-state index contributed by atoms with van der Waals surface area (Å²) in [5, 5.41) is 0. The normalized spacial score (nSPS) is 13.5. The molecule has 0 nitrogen and oxygen atoms in total. The molecule has 0 heterocycles. The van der Waals surface area contributed by atoms with E-state index in [4.69, 9.17) is 0 Å². The Balaban J connectivity index is 2.22. The van der Waals surface area contributed by atoms with Crippen molar-refractivity contribution in [2.75, 3.05) is 0 Å². The lowest BCUT2D eigenvalue weighted by Gasteiger charge is -2.23. The molecule has 24 heavy (non-hydrogen) atoms. The topological polar surface area (TPSA) is 0 Å². The second-order valence-electron chi connectivity index (χ2n) is 8.93. The lowest BCUT2D eigenvalue weighted by atomic mass is 9.81. The zero-order valence-electron chi connectivity index (χ0n) is 16.6. The van der Waals surface area contributed by atoms with Crippen LogP contribution in [0.1, 0.15) is 71.9 Å². The van der Waals surface area contributed by atoms with E-state index in [-0.39, 0.29) is 5.41 Å². The molecule has 1 atom stereocenters. The molecule has 0 N–H and O–H groups in total. The molecular formula is C24H34. The van der Waals surface area contributed by atoms with E-state index in [0.717, 1.165) is 5.92 Å². The highest BCUT2D eigenvalue weighted by atomic mass is 14.2. The van der Waals surface area contributed by atoms with E-state index in [1.807, 2.05) is 0 Å². The first kappa shape index (κ1) is 18.8.